The lowest BCUT2D eigenvalue weighted by molar-refractivity contribution is 0.666. The molecule has 0 saturated carbocycles. The van der Waals surface area contributed by atoms with Crippen LogP contribution in [0.3, 0.4) is 0 Å². The second-order valence-electron chi connectivity index (χ2n) is 10.7. The molecule has 0 saturated heterocycles. The summed E-state index contributed by atoms with van der Waals surface area (Å²) in [4.78, 5) is 2.25. The molecule has 0 bridgehead atoms. The van der Waals surface area contributed by atoms with Crippen molar-refractivity contribution < 1.29 is 4.42 Å². The molecule has 0 fully saturated rings. The van der Waals surface area contributed by atoms with Gasteiger partial charge < -0.3 is 13.9 Å². The number of rotatable bonds is 6. The Bertz CT molecular complexity index is 2220. The maximum atomic E-state index is 9.54. The summed E-state index contributed by atoms with van der Waals surface area (Å²) in [6.07, 6.45) is 5.99. The van der Waals surface area contributed by atoms with Crippen LogP contribution in [0.15, 0.2) is 132 Å². The van der Waals surface area contributed by atoms with E-state index >= 15 is 0 Å². The van der Waals surface area contributed by atoms with E-state index in [1.54, 1.807) is 0 Å². The molecule has 0 aliphatic carbocycles. The van der Waals surface area contributed by atoms with Gasteiger partial charge in [-0.25, -0.2) is 0 Å². The van der Waals surface area contributed by atoms with Crippen LogP contribution in [-0.2, 0) is 0 Å². The Balaban J connectivity index is 1.40. The molecule has 42 heavy (non-hydrogen) atoms. The zero-order valence-corrected chi connectivity index (χ0v) is 23.6. The Morgan fingerprint density at radius 2 is 1.62 bits per heavy atom. The number of aromatic nitrogens is 1. The number of allylic oxidation sites excluding steroid dienone is 3. The number of benzene rings is 5. The molecule has 5 aromatic carbocycles. The van der Waals surface area contributed by atoms with E-state index in [0.29, 0.717) is 5.56 Å². The third kappa shape index (κ3) is 3.98. The van der Waals surface area contributed by atoms with E-state index in [9.17, 15) is 5.26 Å². The summed E-state index contributed by atoms with van der Waals surface area (Å²) in [5.74, 6) is 0.248. The van der Waals surface area contributed by atoms with Crippen LogP contribution in [0.5, 0.6) is 0 Å². The lowest BCUT2D eigenvalue weighted by Gasteiger charge is -2.24. The second kappa shape index (κ2) is 10.1. The molecule has 2 aromatic heterocycles. The minimum atomic E-state index is 0.248. The fourth-order valence-corrected chi connectivity index (χ4v) is 6.12. The first-order chi connectivity index (χ1) is 20.6. The Kier molecular flexibility index (Phi) is 6.14. The third-order valence-corrected chi connectivity index (χ3v) is 8.21. The number of hydrogen-bond donors (Lipinski definition) is 0. The monoisotopic (exact) mass is 543 g/mol. The zero-order valence-electron chi connectivity index (χ0n) is 23.6. The van der Waals surface area contributed by atoms with Crippen molar-refractivity contribution in [3.63, 3.8) is 0 Å². The highest BCUT2D eigenvalue weighted by Gasteiger charge is 2.19. The summed E-state index contributed by atoms with van der Waals surface area (Å²) in [6, 6.07) is 37.8. The average molecular weight is 544 g/mol. The molecule has 0 spiro atoms. The van der Waals surface area contributed by atoms with Crippen molar-refractivity contribution in [2.45, 2.75) is 12.8 Å². The van der Waals surface area contributed by atoms with E-state index < -0.39 is 0 Å². The predicted octanol–water partition coefficient (Wildman–Crippen LogP) is 10.2. The van der Waals surface area contributed by atoms with Gasteiger partial charge >= 0.3 is 0 Å². The maximum absolute atomic E-state index is 9.54. The minimum absolute atomic E-state index is 0.248. The first-order valence-corrected chi connectivity index (χ1v) is 14.1. The van der Waals surface area contributed by atoms with E-state index in [4.69, 9.17) is 4.42 Å². The number of furan rings is 1. The SMILES string of the molecule is C=C/C=C\C(C)c1ccccc1N(C)c1ccc2oc3c(-n4c5ccccc5c5cc(C#N)ccc54)cccc3c2c1. The Morgan fingerprint density at radius 1 is 0.833 bits per heavy atom. The Hall–Kier alpha value is -5.53. The Labute approximate surface area is 244 Å². The average Bonchev–Trinajstić information content (AvgIpc) is 3.58. The second-order valence-corrected chi connectivity index (χ2v) is 10.7. The van der Waals surface area contributed by atoms with E-state index in [2.05, 4.69) is 121 Å². The van der Waals surface area contributed by atoms with Gasteiger partial charge in [-0.15, -0.1) is 0 Å². The maximum Gasteiger partial charge on any atom is 0.159 e. The van der Waals surface area contributed by atoms with Gasteiger partial charge in [0.1, 0.15) is 5.58 Å². The van der Waals surface area contributed by atoms with Crippen molar-refractivity contribution in [1.82, 2.24) is 4.57 Å². The number of nitriles is 1. The summed E-state index contributed by atoms with van der Waals surface area (Å²) in [7, 11) is 2.12. The molecular formula is C38H29N3O. The van der Waals surface area contributed by atoms with Gasteiger partial charge in [-0.2, -0.15) is 5.26 Å². The van der Waals surface area contributed by atoms with Gasteiger partial charge in [0.25, 0.3) is 0 Å². The quantitative estimate of drug-likeness (QED) is 0.196. The molecule has 1 unspecified atom stereocenters. The van der Waals surface area contributed by atoms with Crippen molar-refractivity contribution in [2.24, 2.45) is 0 Å². The van der Waals surface area contributed by atoms with Gasteiger partial charge in [0, 0.05) is 45.9 Å². The number of para-hydroxylation sites is 3. The highest BCUT2D eigenvalue weighted by atomic mass is 16.3. The first-order valence-electron chi connectivity index (χ1n) is 14.1. The molecule has 0 amide bonds. The van der Waals surface area contributed by atoms with E-state index in [1.165, 1.54) is 5.56 Å². The van der Waals surface area contributed by atoms with Gasteiger partial charge in [-0.05, 0) is 60.2 Å². The number of nitrogens with zero attached hydrogens (tertiary/aromatic N) is 3. The first kappa shape index (κ1) is 25.4. The van der Waals surface area contributed by atoms with E-state index in [0.717, 1.165) is 60.8 Å². The molecule has 7 rings (SSSR count). The number of anilines is 2. The van der Waals surface area contributed by atoms with Crippen molar-refractivity contribution >= 4 is 55.1 Å². The number of fused-ring (bicyclic) bond motifs is 6. The fourth-order valence-electron chi connectivity index (χ4n) is 6.12. The van der Waals surface area contributed by atoms with Gasteiger partial charge in [-0.3, -0.25) is 0 Å². The normalized spacial score (nSPS) is 12.4. The van der Waals surface area contributed by atoms with E-state index in [-0.39, 0.29) is 5.92 Å². The molecular weight excluding hydrogens is 514 g/mol. The predicted molar refractivity (Wildman–Crippen MR) is 175 cm³/mol. The lowest BCUT2D eigenvalue weighted by atomic mass is 9.97. The van der Waals surface area contributed by atoms with Gasteiger partial charge in [0.15, 0.2) is 5.58 Å². The van der Waals surface area contributed by atoms with Crippen LogP contribution in [-0.4, -0.2) is 11.6 Å². The smallest absolute Gasteiger partial charge is 0.159 e. The fraction of sp³-hybridized carbons (Fsp3) is 0.0789. The molecule has 0 N–H and O–H groups in total. The molecule has 202 valence electrons. The molecule has 0 aliphatic rings. The standard InChI is InChI=1S/C38H29N3O/c1-4-5-11-25(2)28-12-6-8-15-33(28)40(3)27-19-21-37-32(23-27)30-14-10-17-36(38(30)42-37)41-34-16-9-7-13-29(34)31-22-26(24-39)18-20-35(31)41/h4-23,25H,1H2,2-3H3/b11-5-. The molecule has 4 nitrogen and oxygen atoms in total. The van der Waals surface area contributed by atoms with Gasteiger partial charge in [-0.1, -0.05) is 80.3 Å². The summed E-state index contributed by atoms with van der Waals surface area (Å²) >= 11 is 0. The number of hydrogen-bond acceptors (Lipinski definition) is 3. The van der Waals surface area contributed by atoms with E-state index in [1.807, 2.05) is 36.4 Å². The van der Waals surface area contributed by atoms with Crippen LogP contribution in [0, 0.1) is 11.3 Å². The van der Waals surface area contributed by atoms with Crippen molar-refractivity contribution in [1.29, 1.82) is 5.26 Å². The molecule has 4 heteroatoms. The van der Waals surface area contributed by atoms with Crippen LogP contribution in [0.1, 0.15) is 24.0 Å². The topological polar surface area (TPSA) is 45.1 Å². The van der Waals surface area contributed by atoms with Crippen LogP contribution in [0.2, 0.25) is 0 Å². The summed E-state index contributed by atoms with van der Waals surface area (Å²) in [5.41, 5.74) is 8.92. The highest BCUT2D eigenvalue weighted by molar-refractivity contribution is 6.13. The molecule has 0 radical (unpaired) electrons. The van der Waals surface area contributed by atoms with Crippen LogP contribution in [0.25, 0.3) is 49.4 Å². The van der Waals surface area contributed by atoms with Crippen LogP contribution < -0.4 is 4.90 Å². The zero-order chi connectivity index (χ0) is 28.8. The molecule has 7 aromatic rings. The van der Waals surface area contributed by atoms with Crippen LogP contribution in [0.4, 0.5) is 11.4 Å². The van der Waals surface area contributed by atoms with Gasteiger partial charge in [0.05, 0.1) is 28.4 Å². The van der Waals surface area contributed by atoms with Crippen molar-refractivity contribution in [3.8, 4) is 11.8 Å². The highest BCUT2D eigenvalue weighted by Crippen LogP contribution is 2.40. The largest absolute Gasteiger partial charge is 0.454 e. The van der Waals surface area contributed by atoms with Crippen molar-refractivity contribution in [2.75, 3.05) is 11.9 Å². The van der Waals surface area contributed by atoms with Crippen molar-refractivity contribution in [3.05, 3.63) is 139 Å². The molecule has 1 atom stereocenters. The Morgan fingerprint density at radius 3 is 2.48 bits per heavy atom. The summed E-state index contributed by atoms with van der Waals surface area (Å²) < 4.78 is 8.83. The lowest BCUT2D eigenvalue weighted by Crippen LogP contribution is -2.12. The molecule has 2 heterocycles. The minimum Gasteiger partial charge on any atom is -0.454 e. The molecule has 0 aliphatic heterocycles. The summed E-state index contributed by atoms with van der Waals surface area (Å²) in [5, 5.41) is 13.8. The third-order valence-electron chi connectivity index (χ3n) is 8.21. The summed E-state index contributed by atoms with van der Waals surface area (Å²) in [6.45, 7) is 6.03. The van der Waals surface area contributed by atoms with Crippen LogP contribution >= 0.6 is 0 Å². The van der Waals surface area contributed by atoms with Gasteiger partial charge in [0.2, 0.25) is 0 Å².